The zero-order chi connectivity index (χ0) is 24.9. The van der Waals surface area contributed by atoms with Crippen LogP contribution in [0.5, 0.6) is 0 Å². The van der Waals surface area contributed by atoms with E-state index in [1.54, 1.807) is 11.0 Å². The smallest absolute Gasteiger partial charge is 0.279 e. The van der Waals surface area contributed by atoms with Crippen LogP contribution in [0, 0.1) is 5.41 Å². The lowest BCUT2D eigenvalue weighted by molar-refractivity contribution is 0.308. The van der Waals surface area contributed by atoms with E-state index in [4.69, 9.17) is 34.3 Å². The second-order valence-electron chi connectivity index (χ2n) is 8.48. The van der Waals surface area contributed by atoms with Crippen molar-refractivity contribution in [1.82, 2.24) is 23.7 Å². The second-order valence-corrected chi connectivity index (χ2v) is 11.0. The number of nitrogens with two attached hydrogens (primary N) is 1. The summed E-state index contributed by atoms with van der Waals surface area (Å²) in [5.74, 6) is 0.219. The van der Waals surface area contributed by atoms with Crippen molar-refractivity contribution in [1.29, 1.82) is 5.41 Å². The molecule has 0 bridgehead atoms. The summed E-state index contributed by atoms with van der Waals surface area (Å²) in [6.45, 7) is 4.44. The molecule has 0 atom stereocenters. The van der Waals surface area contributed by atoms with Crippen LogP contribution >= 0.6 is 23.2 Å². The van der Waals surface area contributed by atoms with Gasteiger partial charge in [0.15, 0.2) is 5.96 Å². The lowest BCUT2D eigenvalue weighted by atomic mass is 9.94. The first kappa shape index (κ1) is 26.7. The molecule has 2 aromatic rings. The highest BCUT2D eigenvalue weighted by atomic mass is 35.5. The number of hydrogen-bond donors (Lipinski definition) is 3. The summed E-state index contributed by atoms with van der Waals surface area (Å²) >= 11 is 12.5. The van der Waals surface area contributed by atoms with E-state index in [1.807, 2.05) is 36.9 Å². The normalized spacial score (nSPS) is 15.5. The monoisotopic (exact) mass is 529 g/mol. The topological polar surface area (TPSA) is 120 Å². The van der Waals surface area contributed by atoms with Gasteiger partial charge in [0.1, 0.15) is 0 Å². The Bertz CT molecular complexity index is 1100. The summed E-state index contributed by atoms with van der Waals surface area (Å²) in [6.07, 6.45) is 2.87. The van der Waals surface area contributed by atoms with Crippen molar-refractivity contribution in [3.05, 3.63) is 40.0 Å². The standard InChI is InChI=1S/C22H33Cl2N7O2S/c1-3-11-30(22(25)26)12-5-10-27-34(32,33)31-13-8-16(9-14-31)20-15-19(28-29(20)2)17-6-4-7-18(23)21(17)24/h4,6-7,15-16,27H,3,5,8-14H2,1-2H3,(H3,25,26). The molecule has 3 rings (SSSR count). The average Bonchev–Trinajstić information content (AvgIpc) is 3.19. The Morgan fingerprint density at radius 2 is 2.00 bits per heavy atom. The molecule has 12 heteroatoms. The number of rotatable bonds is 10. The van der Waals surface area contributed by atoms with Crippen LogP contribution in [0.1, 0.15) is 44.2 Å². The number of nitrogens with zero attached hydrogens (tertiary/aromatic N) is 4. The second kappa shape index (κ2) is 11.7. The first-order valence-electron chi connectivity index (χ1n) is 11.5. The third-order valence-corrected chi connectivity index (χ3v) is 8.51. The quantitative estimate of drug-likeness (QED) is 0.247. The van der Waals surface area contributed by atoms with Gasteiger partial charge in [0, 0.05) is 56.9 Å². The molecule has 2 heterocycles. The molecule has 0 radical (unpaired) electrons. The number of piperidine rings is 1. The van der Waals surface area contributed by atoms with Crippen LogP contribution in [0.2, 0.25) is 10.0 Å². The molecule has 4 N–H and O–H groups in total. The molecule has 0 saturated carbocycles. The molecule has 9 nitrogen and oxygen atoms in total. The summed E-state index contributed by atoms with van der Waals surface area (Å²) in [5, 5.41) is 13.2. The van der Waals surface area contributed by atoms with Gasteiger partial charge < -0.3 is 10.6 Å². The Balaban J connectivity index is 1.55. The van der Waals surface area contributed by atoms with Crippen LogP contribution in [0.25, 0.3) is 11.3 Å². The molecule has 1 aliphatic heterocycles. The van der Waals surface area contributed by atoms with E-state index < -0.39 is 10.2 Å². The van der Waals surface area contributed by atoms with Gasteiger partial charge in [-0.2, -0.15) is 17.8 Å². The van der Waals surface area contributed by atoms with Crippen LogP contribution in [0.4, 0.5) is 0 Å². The number of halogens is 2. The number of hydrogen-bond acceptors (Lipinski definition) is 4. The van der Waals surface area contributed by atoms with Gasteiger partial charge in [-0.25, -0.2) is 4.72 Å². The lowest BCUT2D eigenvalue weighted by Gasteiger charge is -2.31. The van der Waals surface area contributed by atoms with E-state index in [0.29, 0.717) is 62.0 Å². The van der Waals surface area contributed by atoms with Crippen molar-refractivity contribution in [2.24, 2.45) is 12.8 Å². The highest BCUT2D eigenvalue weighted by Gasteiger charge is 2.30. The zero-order valence-electron chi connectivity index (χ0n) is 19.6. The molecule has 1 saturated heterocycles. The van der Waals surface area contributed by atoms with Crippen molar-refractivity contribution in [3.63, 3.8) is 0 Å². The summed E-state index contributed by atoms with van der Waals surface area (Å²) in [6, 6.07) is 7.49. The minimum Gasteiger partial charge on any atom is -0.370 e. The number of benzene rings is 1. The minimum atomic E-state index is -3.55. The van der Waals surface area contributed by atoms with Gasteiger partial charge in [0.2, 0.25) is 0 Å². The predicted octanol–water partition coefficient (Wildman–Crippen LogP) is 3.40. The van der Waals surface area contributed by atoms with Crippen molar-refractivity contribution in [2.45, 2.75) is 38.5 Å². The Labute approximate surface area is 211 Å². The fourth-order valence-electron chi connectivity index (χ4n) is 4.27. The van der Waals surface area contributed by atoms with Gasteiger partial charge in [-0.3, -0.25) is 10.1 Å². The van der Waals surface area contributed by atoms with Crippen molar-refractivity contribution in [2.75, 3.05) is 32.7 Å². The van der Waals surface area contributed by atoms with Crippen molar-refractivity contribution in [3.8, 4) is 11.3 Å². The van der Waals surface area contributed by atoms with Gasteiger partial charge in [-0.05, 0) is 37.8 Å². The van der Waals surface area contributed by atoms with Crippen LogP contribution < -0.4 is 10.5 Å². The van der Waals surface area contributed by atoms with E-state index in [0.717, 1.165) is 23.4 Å². The molecule has 1 aromatic carbocycles. The molecule has 1 fully saturated rings. The summed E-state index contributed by atoms with van der Waals surface area (Å²) in [7, 11) is -1.66. The maximum absolute atomic E-state index is 12.7. The van der Waals surface area contributed by atoms with Gasteiger partial charge in [0.05, 0.1) is 15.7 Å². The number of aryl methyl sites for hydroxylation is 1. The Hall–Kier alpha value is -1.85. The third-order valence-electron chi connectivity index (χ3n) is 6.08. The van der Waals surface area contributed by atoms with Gasteiger partial charge >= 0.3 is 0 Å². The molecule has 0 spiro atoms. The minimum absolute atomic E-state index is 0.0164. The fraction of sp³-hybridized carbons (Fsp3) is 0.545. The van der Waals surface area contributed by atoms with E-state index >= 15 is 0 Å². The molecular weight excluding hydrogens is 497 g/mol. The highest BCUT2D eigenvalue weighted by molar-refractivity contribution is 7.87. The number of guanidine groups is 1. The fourth-order valence-corrected chi connectivity index (χ4v) is 5.95. The average molecular weight is 531 g/mol. The Kier molecular flexibility index (Phi) is 9.22. The molecule has 0 amide bonds. The lowest BCUT2D eigenvalue weighted by Crippen LogP contribution is -2.45. The van der Waals surface area contributed by atoms with E-state index in [1.165, 1.54) is 4.31 Å². The van der Waals surface area contributed by atoms with E-state index in [-0.39, 0.29) is 11.9 Å². The highest BCUT2D eigenvalue weighted by Crippen LogP contribution is 2.36. The molecule has 1 aromatic heterocycles. The third kappa shape index (κ3) is 6.42. The Morgan fingerprint density at radius 3 is 2.65 bits per heavy atom. The Morgan fingerprint density at radius 1 is 1.29 bits per heavy atom. The molecule has 188 valence electrons. The van der Waals surface area contributed by atoms with Gasteiger partial charge in [-0.1, -0.05) is 42.3 Å². The molecular formula is C22H33Cl2N7O2S. The first-order valence-corrected chi connectivity index (χ1v) is 13.7. The summed E-state index contributed by atoms with van der Waals surface area (Å²) in [5.41, 5.74) is 8.16. The van der Waals surface area contributed by atoms with Crippen LogP contribution in [-0.4, -0.2) is 66.1 Å². The molecule has 34 heavy (non-hydrogen) atoms. The van der Waals surface area contributed by atoms with Crippen molar-refractivity contribution < 1.29 is 8.42 Å². The van der Waals surface area contributed by atoms with E-state index in [9.17, 15) is 8.42 Å². The number of aromatic nitrogens is 2. The van der Waals surface area contributed by atoms with Gasteiger partial charge in [0.25, 0.3) is 10.2 Å². The zero-order valence-corrected chi connectivity index (χ0v) is 21.9. The number of nitrogens with one attached hydrogen (secondary N) is 2. The summed E-state index contributed by atoms with van der Waals surface area (Å²) in [4.78, 5) is 1.75. The molecule has 0 aliphatic carbocycles. The van der Waals surface area contributed by atoms with Crippen molar-refractivity contribution >= 4 is 39.4 Å². The SMILES string of the molecule is CCCN(CCCNS(=O)(=O)N1CCC(c2cc(-c3cccc(Cl)c3Cl)nn2C)CC1)C(=N)N. The maximum atomic E-state index is 12.7. The van der Waals surface area contributed by atoms with E-state index in [2.05, 4.69) is 9.82 Å². The maximum Gasteiger partial charge on any atom is 0.279 e. The largest absolute Gasteiger partial charge is 0.370 e. The van der Waals surface area contributed by atoms with Crippen LogP contribution in [0.15, 0.2) is 24.3 Å². The molecule has 1 aliphatic rings. The summed E-state index contributed by atoms with van der Waals surface area (Å²) < 4.78 is 31.5. The predicted molar refractivity (Wildman–Crippen MR) is 138 cm³/mol. The molecule has 0 unspecified atom stereocenters. The van der Waals surface area contributed by atoms with Crippen LogP contribution in [0.3, 0.4) is 0 Å². The first-order chi connectivity index (χ1) is 16.1. The van der Waals surface area contributed by atoms with Gasteiger partial charge in [-0.15, -0.1) is 0 Å². The van der Waals surface area contributed by atoms with Crippen LogP contribution in [-0.2, 0) is 17.3 Å².